The molecule has 0 amide bonds. The molecule has 1 unspecified atom stereocenters. The Balaban J connectivity index is 2.30. The van der Waals surface area contributed by atoms with Gasteiger partial charge < -0.3 is 10.7 Å². The average molecular weight is 332 g/mol. The minimum atomic E-state index is -0.247. The zero-order chi connectivity index (χ0) is 14.5. The van der Waals surface area contributed by atoms with Crippen molar-refractivity contribution in [2.75, 3.05) is 13.6 Å². The Bertz CT molecular complexity index is 638. The highest BCUT2D eigenvalue weighted by atomic mass is 79.9. The third-order valence-electron chi connectivity index (χ3n) is 2.94. The molecule has 102 valence electrons. The maximum atomic E-state index is 8.87. The summed E-state index contributed by atoms with van der Waals surface area (Å²) in [6.07, 6.45) is 3.17. The lowest BCUT2D eigenvalue weighted by atomic mass is 10.0. The smallest absolute Gasteiger partial charge is 0.106 e. The van der Waals surface area contributed by atoms with Crippen LogP contribution in [0.25, 0.3) is 0 Å². The van der Waals surface area contributed by atoms with Crippen LogP contribution >= 0.6 is 15.9 Å². The largest absolute Gasteiger partial charge is 0.317 e. The fourth-order valence-electron chi connectivity index (χ4n) is 1.91. The van der Waals surface area contributed by atoms with E-state index in [9.17, 15) is 0 Å². The van der Waals surface area contributed by atoms with E-state index in [1.807, 2.05) is 31.3 Å². The quantitative estimate of drug-likeness (QED) is 0.825. The molecule has 1 aromatic carbocycles. The molecule has 0 fully saturated rings. The van der Waals surface area contributed by atoms with Crippen LogP contribution in [0.1, 0.15) is 17.2 Å². The average Bonchev–Trinajstić information content (AvgIpc) is 2.93. The maximum absolute atomic E-state index is 8.87. The van der Waals surface area contributed by atoms with Crippen molar-refractivity contribution in [2.24, 2.45) is 0 Å². The second kappa shape index (κ2) is 6.46. The normalized spacial score (nSPS) is 11.8. The Morgan fingerprint density at radius 1 is 1.50 bits per heavy atom. The van der Waals surface area contributed by atoms with Gasteiger partial charge in [0.2, 0.25) is 0 Å². The Hall–Kier alpha value is -1.97. The number of nitrogens with zero attached hydrogens (tertiary/aromatic N) is 3. The van der Waals surface area contributed by atoms with Crippen molar-refractivity contribution < 1.29 is 0 Å². The van der Waals surface area contributed by atoms with Gasteiger partial charge in [-0.15, -0.1) is 0 Å². The van der Waals surface area contributed by atoms with Gasteiger partial charge in [0.15, 0.2) is 0 Å². The van der Waals surface area contributed by atoms with E-state index in [1.165, 1.54) is 6.20 Å². The molecule has 0 bridgehead atoms. The molecule has 1 aromatic heterocycles. The topological polar surface area (TPSA) is 77.5 Å². The van der Waals surface area contributed by atoms with Crippen molar-refractivity contribution in [3.05, 3.63) is 52.3 Å². The summed E-state index contributed by atoms with van der Waals surface area (Å²) in [5.74, 6) is 0. The standard InChI is InChI=1S/C14H14BrN5/c1-18-8-13(20-9-10(6-16)7-19-20)14(17)11-2-4-12(15)5-3-11/h2-5,7,9,13,17-18H,8H2,1H3. The predicted octanol–water partition coefficient (Wildman–Crippen LogP) is 2.35. The van der Waals surface area contributed by atoms with E-state index in [2.05, 4.69) is 32.4 Å². The number of nitrogens with one attached hydrogen (secondary N) is 2. The number of nitriles is 1. The van der Waals surface area contributed by atoms with Crippen LogP contribution in [0.5, 0.6) is 0 Å². The SMILES string of the molecule is CNCC(C(=N)c1ccc(Br)cc1)n1cc(C#N)cn1. The fourth-order valence-corrected chi connectivity index (χ4v) is 2.17. The van der Waals surface area contributed by atoms with Crippen LogP contribution in [0.3, 0.4) is 0 Å². The number of hydrogen-bond donors (Lipinski definition) is 2. The van der Waals surface area contributed by atoms with Crippen LogP contribution in [-0.4, -0.2) is 29.1 Å². The molecule has 0 saturated heterocycles. The molecule has 2 N–H and O–H groups in total. The number of rotatable bonds is 5. The van der Waals surface area contributed by atoms with Gasteiger partial charge in [-0.25, -0.2) is 0 Å². The number of aromatic nitrogens is 2. The molecular weight excluding hydrogens is 318 g/mol. The first kappa shape index (κ1) is 14.4. The zero-order valence-electron chi connectivity index (χ0n) is 11.0. The first-order chi connectivity index (χ1) is 9.65. The summed E-state index contributed by atoms with van der Waals surface area (Å²) in [7, 11) is 1.83. The van der Waals surface area contributed by atoms with Gasteiger partial charge in [-0.2, -0.15) is 10.4 Å². The van der Waals surface area contributed by atoms with Crippen molar-refractivity contribution in [3.63, 3.8) is 0 Å². The van der Waals surface area contributed by atoms with Crippen molar-refractivity contribution in [3.8, 4) is 6.07 Å². The Kier molecular flexibility index (Phi) is 4.66. The van der Waals surface area contributed by atoms with Crippen molar-refractivity contribution in [1.82, 2.24) is 15.1 Å². The summed E-state index contributed by atoms with van der Waals surface area (Å²) < 4.78 is 2.63. The Labute approximate surface area is 125 Å². The summed E-state index contributed by atoms with van der Waals surface area (Å²) in [5, 5.41) is 24.5. The summed E-state index contributed by atoms with van der Waals surface area (Å²) >= 11 is 3.38. The number of hydrogen-bond acceptors (Lipinski definition) is 4. The predicted molar refractivity (Wildman–Crippen MR) is 80.9 cm³/mol. The summed E-state index contributed by atoms with van der Waals surface area (Å²) in [4.78, 5) is 0. The van der Waals surface area contributed by atoms with Gasteiger partial charge in [-0.05, 0) is 24.7 Å². The first-order valence-electron chi connectivity index (χ1n) is 6.09. The van der Waals surface area contributed by atoms with Gasteiger partial charge in [0, 0.05) is 17.2 Å². The maximum Gasteiger partial charge on any atom is 0.106 e. The van der Waals surface area contributed by atoms with Gasteiger partial charge >= 0.3 is 0 Å². The van der Waals surface area contributed by atoms with Gasteiger partial charge in [-0.1, -0.05) is 28.1 Å². The van der Waals surface area contributed by atoms with Crippen molar-refractivity contribution in [1.29, 1.82) is 10.7 Å². The molecule has 5 nitrogen and oxygen atoms in total. The van der Waals surface area contributed by atoms with Crippen LogP contribution in [0.15, 0.2) is 41.1 Å². The monoisotopic (exact) mass is 331 g/mol. The lowest BCUT2D eigenvalue weighted by Gasteiger charge is -2.18. The van der Waals surface area contributed by atoms with Crippen LogP contribution in [-0.2, 0) is 0 Å². The number of halogens is 1. The minimum Gasteiger partial charge on any atom is -0.317 e. The fraction of sp³-hybridized carbons (Fsp3) is 0.214. The molecule has 20 heavy (non-hydrogen) atoms. The molecule has 0 aliphatic heterocycles. The molecule has 0 radical (unpaired) electrons. The van der Waals surface area contributed by atoms with E-state index < -0.39 is 0 Å². The number of likely N-dealkylation sites (N-methyl/N-ethyl adjacent to an activating group) is 1. The van der Waals surface area contributed by atoms with E-state index in [0.717, 1.165) is 10.0 Å². The lowest BCUT2D eigenvalue weighted by molar-refractivity contribution is 0.537. The second-order valence-electron chi connectivity index (χ2n) is 4.31. The van der Waals surface area contributed by atoms with Crippen LogP contribution in [0.2, 0.25) is 0 Å². The van der Waals surface area contributed by atoms with Crippen molar-refractivity contribution >= 4 is 21.6 Å². The van der Waals surface area contributed by atoms with Crippen LogP contribution in [0.4, 0.5) is 0 Å². The van der Waals surface area contributed by atoms with E-state index in [-0.39, 0.29) is 6.04 Å². The van der Waals surface area contributed by atoms with Gasteiger partial charge in [0.25, 0.3) is 0 Å². The van der Waals surface area contributed by atoms with Gasteiger partial charge in [-0.3, -0.25) is 4.68 Å². The Morgan fingerprint density at radius 2 is 2.20 bits per heavy atom. The molecule has 0 spiro atoms. The van der Waals surface area contributed by atoms with Gasteiger partial charge in [0.05, 0.1) is 17.5 Å². The number of benzene rings is 1. The second-order valence-corrected chi connectivity index (χ2v) is 5.23. The van der Waals surface area contributed by atoms with Crippen molar-refractivity contribution in [2.45, 2.75) is 6.04 Å². The third kappa shape index (κ3) is 3.13. The first-order valence-corrected chi connectivity index (χ1v) is 6.88. The molecule has 1 atom stereocenters. The van der Waals surface area contributed by atoms with Crippen LogP contribution in [0, 0.1) is 16.7 Å². The molecule has 0 saturated carbocycles. The molecule has 0 aliphatic carbocycles. The summed E-state index contributed by atoms with van der Waals surface area (Å²) in [6.45, 7) is 0.571. The molecule has 0 aliphatic rings. The third-order valence-corrected chi connectivity index (χ3v) is 3.46. The molecule has 2 rings (SSSR count). The lowest BCUT2D eigenvalue weighted by Crippen LogP contribution is -2.29. The van der Waals surface area contributed by atoms with Crippen LogP contribution < -0.4 is 5.32 Å². The van der Waals surface area contributed by atoms with E-state index in [1.54, 1.807) is 10.9 Å². The highest BCUT2D eigenvalue weighted by Crippen LogP contribution is 2.17. The highest BCUT2D eigenvalue weighted by Gasteiger charge is 2.18. The molecule has 2 aromatic rings. The molecule has 6 heteroatoms. The molecule has 1 heterocycles. The van der Waals surface area contributed by atoms with E-state index in [0.29, 0.717) is 17.8 Å². The van der Waals surface area contributed by atoms with Gasteiger partial charge in [0.1, 0.15) is 12.1 Å². The summed E-state index contributed by atoms with van der Waals surface area (Å²) in [5.41, 5.74) is 1.79. The molecular formula is C14H14BrN5. The van der Waals surface area contributed by atoms with E-state index in [4.69, 9.17) is 10.7 Å². The minimum absolute atomic E-state index is 0.247. The Morgan fingerprint density at radius 3 is 2.75 bits per heavy atom. The summed E-state index contributed by atoms with van der Waals surface area (Å²) in [6, 6.07) is 9.40. The zero-order valence-corrected chi connectivity index (χ0v) is 12.6. The highest BCUT2D eigenvalue weighted by molar-refractivity contribution is 9.10. The van der Waals surface area contributed by atoms with E-state index >= 15 is 0 Å².